The van der Waals surface area contributed by atoms with Gasteiger partial charge in [-0.25, -0.2) is 0 Å². The summed E-state index contributed by atoms with van der Waals surface area (Å²) in [5.74, 6) is 0.297. The van der Waals surface area contributed by atoms with Gasteiger partial charge in [0.25, 0.3) is 0 Å². The average Bonchev–Trinajstić information content (AvgIpc) is 3.05. The van der Waals surface area contributed by atoms with E-state index in [2.05, 4.69) is 42.5 Å². The lowest BCUT2D eigenvalue weighted by atomic mass is 9.97. The van der Waals surface area contributed by atoms with E-state index in [9.17, 15) is 5.11 Å². The first-order valence-corrected chi connectivity index (χ1v) is 8.47. The molecular weight excluding hydrogens is 288 g/mol. The first-order chi connectivity index (χ1) is 11.0. The number of benzene rings is 1. The number of aliphatic hydroxyl groups excluding tert-OH is 1. The number of hydrogen-bond donors (Lipinski definition) is 1. The normalized spacial score (nSPS) is 16.2. The molecule has 1 aromatic carbocycles. The smallest absolute Gasteiger partial charge is 0.0589 e. The maximum absolute atomic E-state index is 9.41. The van der Waals surface area contributed by atoms with Gasteiger partial charge in [0.15, 0.2) is 0 Å². The first kappa shape index (κ1) is 16.5. The second kappa shape index (κ2) is 6.63. The predicted octanol–water partition coefficient (Wildman–Crippen LogP) is 2.62. The summed E-state index contributed by atoms with van der Waals surface area (Å²) < 4.78 is 7.50. The van der Waals surface area contributed by atoms with E-state index in [-0.39, 0.29) is 6.61 Å². The van der Waals surface area contributed by atoms with Crippen LogP contribution in [0.4, 0.5) is 0 Å². The van der Waals surface area contributed by atoms with Crippen LogP contribution in [0.3, 0.4) is 0 Å². The van der Waals surface area contributed by atoms with Gasteiger partial charge in [-0.05, 0) is 48.1 Å². The molecule has 0 fully saturated rings. The quantitative estimate of drug-likeness (QED) is 0.890. The summed E-state index contributed by atoms with van der Waals surface area (Å²) in [6.07, 6.45) is 0.936. The molecule has 0 aliphatic carbocycles. The van der Waals surface area contributed by atoms with E-state index in [0.717, 1.165) is 32.7 Å². The van der Waals surface area contributed by atoms with Gasteiger partial charge in [-0.1, -0.05) is 6.92 Å². The molecule has 2 aromatic rings. The summed E-state index contributed by atoms with van der Waals surface area (Å²) in [5, 5.41) is 10.8. The third-order valence-electron chi connectivity index (χ3n) is 5.21. The highest BCUT2D eigenvalue weighted by Gasteiger charge is 2.22. The molecule has 1 atom stereocenters. The summed E-state index contributed by atoms with van der Waals surface area (Å²) in [4.78, 5) is 2.44. The van der Waals surface area contributed by atoms with Crippen molar-refractivity contribution < 1.29 is 9.84 Å². The van der Waals surface area contributed by atoms with Gasteiger partial charge < -0.3 is 14.4 Å². The molecular formula is C19H28N2O2. The first-order valence-electron chi connectivity index (χ1n) is 8.47. The van der Waals surface area contributed by atoms with Crippen LogP contribution in [0, 0.1) is 12.8 Å². The summed E-state index contributed by atoms with van der Waals surface area (Å²) in [5.41, 5.74) is 6.91. The van der Waals surface area contributed by atoms with Gasteiger partial charge in [0.2, 0.25) is 0 Å². The van der Waals surface area contributed by atoms with Gasteiger partial charge in [-0.15, -0.1) is 0 Å². The van der Waals surface area contributed by atoms with Crippen molar-refractivity contribution in [1.29, 1.82) is 0 Å². The molecule has 3 rings (SSSR count). The molecule has 1 unspecified atom stereocenters. The average molecular weight is 316 g/mol. The van der Waals surface area contributed by atoms with Crippen molar-refractivity contribution in [2.75, 3.05) is 26.9 Å². The lowest BCUT2D eigenvalue weighted by Crippen LogP contribution is -2.21. The fourth-order valence-electron chi connectivity index (χ4n) is 3.65. The molecule has 1 aromatic heterocycles. The molecule has 0 bridgehead atoms. The van der Waals surface area contributed by atoms with Crippen LogP contribution < -0.4 is 0 Å². The molecule has 0 saturated heterocycles. The lowest BCUT2D eigenvalue weighted by Gasteiger charge is -2.13. The Hall–Kier alpha value is -1.36. The Balaban J connectivity index is 1.97. The number of nitrogens with zero attached hydrogens (tertiary/aromatic N) is 2. The molecule has 0 saturated carbocycles. The minimum atomic E-state index is 0.242. The van der Waals surface area contributed by atoms with Crippen LogP contribution in [0.5, 0.6) is 0 Å². The molecule has 0 radical (unpaired) electrons. The van der Waals surface area contributed by atoms with Crippen molar-refractivity contribution in [1.82, 2.24) is 9.47 Å². The monoisotopic (exact) mass is 316 g/mol. The summed E-state index contributed by atoms with van der Waals surface area (Å²) in [6.45, 7) is 8.33. The number of fused-ring (bicyclic) bond motifs is 2. The minimum absolute atomic E-state index is 0.242. The maximum Gasteiger partial charge on any atom is 0.0589 e. The fourth-order valence-corrected chi connectivity index (χ4v) is 3.65. The van der Waals surface area contributed by atoms with E-state index in [1.165, 1.54) is 33.3 Å². The van der Waals surface area contributed by atoms with Gasteiger partial charge >= 0.3 is 0 Å². The highest BCUT2D eigenvalue weighted by atomic mass is 16.5. The lowest BCUT2D eigenvalue weighted by molar-refractivity contribution is 0.147. The van der Waals surface area contributed by atoms with Gasteiger partial charge in [-0.3, -0.25) is 4.90 Å². The van der Waals surface area contributed by atoms with Gasteiger partial charge in [-0.2, -0.15) is 0 Å². The summed E-state index contributed by atoms with van der Waals surface area (Å²) in [7, 11) is 3.91. The van der Waals surface area contributed by atoms with Gasteiger partial charge in [0, 0.05) is 57.0 Å². The van der Waals surface area contributed by atoms with Crippen molar-refractivity contribution in [2.45, 2.75) is 33.4 Å². The Morgan fingerprint density at radius 3 is 2.61 bits per heavy atom. The molecule has 0 spiro atoms. The van der Waals surface area contributed by atoms with Crippen LogP contribution >= 0.6 is 0 Å². The molecule has 1 N–H and O–H groups in total. The number of ether oxygens (including phenoxy) is 1. The van der Waals surface area contributed by atoms with Gasteiger partial charge in [0.1, 0.15) is 0 Å². The SMILES string of the molecule is COCCN1Cc2cc3c(CC(C)CO)c(C)n(C)c3cc2C1. The Labute approximate surface area is 138 Å². The topological polar surface area (TPSA) is 37.6 Å². The molecule has 1 aliphatic heterocycles. The van der Waals surface area contributed by atoms with Crippen LogP contribution in [0.1, 0.15) is 29.3 Å². The third kappa shape index (κ3) is 3.03. The van der Waals surface area contributed by atoms with Crippen LogP contribution in [0.15, 0.2) is 12.1 Å². The standard InChI is InChI=1S/C19H28N2O2/c1-13(12-22)7-17-14(2)20(3)19-9-16-11-21(5-6-23-4)10-15(16)8-18(17)19/h8-9,13,22H,5-7,10-12H2,1-4H3. The van der Waals surface area contributed by atoms with E-state index in [1.807, 2.05) is 0 Å². The zero-order valence-corrected chi connectivity index (χ0v) is 14.7. The molecule has 2 heterocycles. The molecule has 1 aliphatic rings. The van der Waals surface area contributed by atoms with Gasteiger partial charge in [0.05, 0.1) is 6.61 Å². The zero-order chi connectivity index (χ0) is 16.6. The highest BCUT2D eigenvalue weighted by Crippen LogP contribution is 2.33. The van der Waals surface area contributed by atoms with Crippen molar-refractivity contribution in [3.63, 3.8) is 0 Å². The third-order valence-corrected chi connectivity index (χ3v) is 5.21. The largest absolute Gasteiger partial charge is 0.396 e. The number of aromatic nitrogens is 1. The second-order valence-electron chi connectivity index (χ2n) is 6.96. The Kier molecular flexibility index (Phi) is 4.76. The summed E-state index contributed by atoms with van der Waals surface area (Å²) in [6, 6.07) is 4.74. The van der Waals surface area contributed by atoms with Crippen LogP contribution in [0.2, 0.25) is 0 Å². The predicted molar refractivity (Wildman–Crippen MR) is 93.6 cm³/mol. The maximum atomic E-state index is 9.41. The van der Waals surface area contributed by atoms with Crippen LogP contribution in [-0.2, 0) is 31.3 Å². The van der Waals surface area contributed by atoms with Crippen molar-refractivity contribution in [3.05, 3.63) is 34.5 Å². The fraction of sp³-hybridized carbons (Fsp3) is 0.579. The summed E-state index contributed by atoms with van der Waals surface area (Å²) >= 11 is 0. The van der Waals surface area contributed by atoms with E-state index >= 15 is 0 Å². The van der Waals surface area contributed by atoms with Crippen LogP contribution in [0.25, 0.3) is 10.9 Å². The Bertz CT molecular complexity index is 705. The Morgan fingerprint density at radius 1 is 1.26 bits per heavy atom. The zero-order valence-electron chi connectivity index (χ0n) is 14.7. The van der Waals surface area contributed by atoms with E-state index in [4.69, 9.17) is 4.74 Å². The van der Waals surface area contributed by atoms with E-state index in [1.54, 1.807) is 7.11 Å². The highest BCUT2D eigenvalue weighted by molar-refractivity contribution is 5.87. The number of aliphatic hydroxyl groups is 1. The number of methoxy groups -OCH3 is 1. The molecule has 4 heteroatoms. The molecule has 126 valence electrons. The van der Waals surface area contributed by atoms with Crippen LogP contribution in [-0.4, -0.2) is 41.4 Å². The van der Waals surface area contributed by atoms with Crippen molar-refractivity contribution in [3.8, 4) is 0 Å². The molecule has 0 amide bonds. The van der Waals surface area contributed by atoms with E-state index in [0.29, 0.717) is 5.92 Å². The number of hydrogen-bond acceptors (Lipinski definition) is 3. The van der Waals surface area contributed by atoms with Crippen molar-refractivity contribution in [2.24, 2.45) is 13.0 Å². The number of aryl methyl sites for hydroxylation is 1. The second-order valence-corrected chi connectivity index (χ2v) is 6.96. The Morgan fingerprint density at radius 2 is 1.96 bits per heavy atom. The van der Waals surface area contributed by atoms with Crippen molar-refractivity contribution >= 4 is 10.9 Å². The van der Waals surface area contributed by atoms with E-state index < -0.39 is 0 Å². The minimum Gasteiger partial charge on any atom is -0.396 e. The number of rotatable bonds is 6. The molecule has 23 heavy (non-hydrogen) atoms. The molecule has 4 nitrogen and oxygen atoms in total.